The van der Waals surface area contributed by atoms with E-state index in [4.69, 9.17) is 0 Å². The molecule has 1 fully saturated rings. The van der Waals surface area contributed by atoms with Crippen LogP contribution in [0.5, 0.6) is 0 Å². The van der Waals surface area contributed by atoms with Gasteiger partial charge in [0.2, 0.25) is 5.91 Å². The van der Waals surface area contributed by atoms with Gasteiger partial charge in [0.1, 0.15) is 5.82 Å². The van der Waals surface area contributed by atoms with Gasteiger partial charge in [-0.3, -0.25) is 4.79 Å². The third-order valence-corrected chi connectivity index (χ3v) is 4.10. The highest BCUT2D eigenvalue weighted by atomic mass is 16.1. The summed E-state index contributed by atoms with van der Waals surface area (Å²) in [6.07, 6.45) is 7.96. The highest BCUT2D eigenvalue weighted by molar-refractivity contribution is 5.92. The van der Waals surface area contributed by atoms with Crippen molar-refractivity contribution in [2.75, 3.05) is 5.32 Å². The van der Waals surface area contributed by atoms with Crippen LogP contribution in [-0.4, -0.2) is 15.9 Å². The first-order valence-electron chi connectivity index (χ1n) is 7.90. The van der Waals surface area contributed by atoms with Gasteiger partial charge in [-0.2, -0.15) is 0 Å². The number of carbonyl (C=O) groups excluding carboxylic acids is 1. The van der Waals surface area contributed by atoms with E-state index in [2.05, 4.69) is 26.7 Å². The van der Waals surface area contributed by atoms with Crippen LogP contribution in [0.15, 0.2) is 36.7 Å². The normalized spacial score (nSPS) is 15.1. The number of carbonyl (C=O) groups is 1. The van der Waals surface area contributed by atoms with Crippen molar-refractivity contribution in [3.05, 3.63) is 48.0 Å². The molecule has 1 aliphatic rings. The number of anilines is 1. The molecule has 0 aliphatic heterocycles. The lowest BCUT2D eigenvalue weighted by atomic mass is 10.1. The van der Waals surface area contributed by atoms with E-state index in [0.717, 1.165) is 36.5 Å². The smallest absolute Gasteiger partial charge is 0.227 e. The molecule has 22 heavy (non-hydrogen) atoms. The third-order valence-electron chi connectivity index (χ3n) is 4.10. The first-order valence-corrected chi connectivity index (χ1v) is 7.90. The number of nitrogens with one attached hydrogen (secondary N) is 3. The predicted octanol–water partition coefficient (Wildman–Crippen LogP) is 2.83. The quantitative estimate of drug-likeness (QED) is 0.768. The second-order valence-corrected chi connectivity index (χ2v) is 5.81. The molecule has 1 aromatic carbocycles. The predicted molar refractivity (Wildman–Crippen MR) is 86.2 cm³/mol. The fraction of sp³-hybridized carbons (Fsp3) is 0.412. The van der Waals surface area contributed by atoms with Crippen LogP contribution in [-0.2, 0) is 17.9 Å². The van der Waals surface area contributed by atoms with E-state index in [-0.39, 0.29) is 11.8 Å². The van der Waals surface area contributed by atoms with Crippen LogP contribution in [0.3, 0.4) is 0 Å². The fourth-order valence-electron chi connectivity index (χ4n) is 2.91. The van der Waals surface area contributed by atoms with E-state index in [0.29, 0.717) is 6.54 Å². The first-order chi connectivity index (χ1) is 10.8. The lowest BCUT2D eigenvalue weighted by Crippen LogP contribution is -2.20. The molecule has 5 nitrogen and oxygen atoms in total. The van der Waals surface area contributed by atoms with Crippen molar-refractivity contribution in [3.8, 4) is 0 Å². The highest BCUT2D eigenvalue weighted by Crippen LogP contribution is 2.26. The molecule has 1 aliphatic carbocycles. The maximum atomic E-state index is 12.2. The number of aromatic nitrogens is 2. The van der Waals surface area contributed by atoms with E-state index >= 15 is 0 Å². The molecule has 0 atom stereocenters. The molecule has 3 rings (SSSR count). The van der Waals surface area contributed by atoms with Crippen LogP contribution >= 0.6 is 0 Å². The maximum Gasteiger partial charge on any atom is 0.227 e. The largest absolute Gasteiger partial charge is 0.348 e. The zero-order valence-corrected chi connectivity index (χ0v) is 12.6. The van der Waals surface area contributed by atoms with E-state index in [1.54, 1.807) is 6.20 Å². The summed E-state index contributed by atoms with van der Waals surface area (Å²) in [6, 6.07) is 8.01. The number of nitrogens with zero attached hydrogens (tertiary/aromatic N) is 1. The number of hydrogen-bond acceptors (Lipinski definition) is 3. The van der Waals surface area contributed by atoms with Gasteiger partial charge in [-0.25, -0.2) is 4.98 Å². The van der Waals surface area contributed by atoms with E-state index in [9.17, 15) is 4.79 Å². The minimum absolute atomic E-state index is 0.165. The average Bonchev–Trinajstić information content (AvgIpc) is 3.21. The summed E-state index contributed by atoms with van der Waals surface area (Å²) < 4.78 is 0. The first kappa shape index (κ1) is 14.8. The topological polar surface area (TPSA) is 69.8 Å². The summed E-state index contributed by atoms with van der Waals surface area (Å²) in [5.41, 5.74) is 2.03. The minimum atomic E-state index is 0.165. The monoisotopic (exact) mass is 298 g/mol. The van der Waals surface area contributed by atoms with Gasteiger partial charge in [0.15, 0.2) is 0 Å². The Kier molecular flexibility index (Phi) is 4.85. The lowest BCUT2D eigenvalue weighted by molar-refractivity contribution is -0.119. The summed E-state index contributed by atoms with van der Waals surface area (Å²) in [5.74, 6) is 1.28. The van der Waals surface area contributed by atoms with Crippen molar-refractivity contribution in [1.29, 1.82) is 0 Å². The van der Waals surface area contributed by atoms with Crippen molar-refractivity contribution >= 4 is 11.6 Å². The summed E-state index contributed by atoms with van der Waals surface area (Å²) in [4.78, 5) is 19.4. The Hall–Kier alpha value is -2.14. The SMILES string of the molecule is O=C(Nc1cccc(CNCc2ncc[nH]2)c1)C1CCCC1. The Bertz CT molecular complexity index is 603. The van der Waals surface area contributed by atoms with Gasteiger partial charge in [0.25, 0.3) is 0 Å². The van der Waals surface area contributed by atoms with Gasteiger partial charge >= 0.3 is 0 Å². The Labute approximate surface area is 130 Å². The molecule has 1 heterocycles. The Morgan fingerprint density at radius 3 is 2.91 bits per heavy atom. The molecule has 1 saturated carbocycles. The third kappa shape index (κ3) is 3.95. The number of hydrogen-bond donors (Lipinski definition) is 3. The standard InChI is InChI=1S/C17H22N4O/c22-17(14-5-1-2-6-14)21-15-7-3-4-13(10-15)11-18-12-16-19-8-9-20-16/h3-4,7-10,14,18H,1-2,5-6,11-12H2,(H,19,20)(H,21,22). The van der Waals surface area contributed by atoms with Crippen LogP contribution in [0.1, 0.15) is 37.1 Å². The molecular weight excluding hydrogens is 276 g/mol. The molecule has 1 aromatic heterocycles. The highest BCUT2D eigenvalue weighted by Gasteiger charge is 2.22. The second kappa shape index (κ2) is 7.22. The number of aromatic amines is 1. The molecule has 0 bridgehead atoms. The molecule has 0 saturated heterocycles. The van der Waals surface area contributed by atoms with E-state index in [1.807, 2.05) is 24.4 Å². The van der Waals surface area contributed by atoms with Gasteiger partial charge in [-0.1, -0.05) is 25.0 Å². The van der Waals surface area contributed by atoms with Crippen molar-refractivity contribution < 1.29 is 4.79 Å². The van der Waals surface area contributed by atoms with Gasteiger partial charge in [0.05, 0.1) is 6.54 Å². The maximum absolute atomic E-state index is 12.2. The van der Waals surface area contributed by atoms with Crippen LogP contribution in [0.2, 0.25) is 0 Å². The average molecular weight is 298 g/mol. The van der Waals surface area contributed by atoms with Crippen LogP contribution in [0.4, 0.5) is 5.69 Å². The number of imidazole rings is 1. The van der Waals surface area contributed by atoms with Gasteiger partial charge in [-0.05, 0) is 30.5 Å². The van der Waals surface area contributed by atoms with Crippen molar-refractivity contribution in [2.45, 2.75) is 38.8 Å². The fourth-order valence-corrected chi connectivity index (χ4v) is 2.91. The summed E-state index contributed by atoms with van der Waals surface area (Å²) >= 11 is 0. The van der Waals surface area contributed by atoms with E-state index < -0.39 is 0 Å². The minimum Gasteiger partial charge on any atom is -0.348 e. The van der Waals surface area contributed by atoms with Gasteiger partial charge < -0.3 is 15.6 Å². The summed E-state index contributed by atoms with van der Waals surface area (Å²) in [5, 5.41) is 6.38. The zero-order valence-electron chi connectivity index (χ0n) is 12.6. The van der Waals surface area contributed by atoms with Crippen molar-refractivity contribution in [1.82, 2.24) is 15.3 Å². The second-order valence-electron chi connectivity index (χ2n) is 5.81. The van der Waals surface area contributed by atoms with Gasteiger partial charge in [-0.15, -0.1) is 0 Å². The number of benzene rings is 1. The Morgan fingerprint density at radius 2 is 2.14 bits per heavy atom. The molecule has 3 N–H and O–H groups in total. The van der Waals surface area contributed by atoms with Crippen LogP contribution in [0, 0.1) is 5.92 Å². The Morgan fingerprint density at radius 1 is 1.27 bits per heavy atom. The number of H-pyrrole nitrogens is 1. The van der Waals surface area contributed by atoms with Crippen LogP contribution < -0.4 is 10.6 Å². The molecule has 116 valence electrons. The number of amides is 1. The van der Waals surface area contributed by atoms with Crippen LogP contribution in [0.25, 0.3) is 0 Å². The van der Waals surface area contributed by atoms with Crippen molar-refractivity contribution in [3.63, 3.8) is 0 Å². The molecule has 0 radical (unpaired) electrons. The lowest BCUT2D eigenvalue weighted by Gasteiger charge is -2.11. The number of rotatable bonds is 6. The summed E-state index contributed by atoms with van der Waals surface area (Å²) in [7, 11) is 0. The van der Waals surface area contributed by atoms with Crippen molar-refractivity contribution in [2.24, 2.45) is 5.92 Å². The molecule has 1 amide bonds. The molecule has 0 unspecified atom stereocenters. The summed E-state index contributed by atoms with van der Waals surface area (Å²) in [6.45, 7) is 1.44. The Balaban J connectivity index is 1.51. The molecule has 5 heteroatoms. The molecule has 0 spiro atoms. The molecule has 2 aromatic rings. The van der Waals surface area contributed by atoms with Gasteiger partial charge in [0, 0.05) is 30.5 Å². The zero-order chi connectivity index (χ0) is 15.2. The van der Waals surface area contributed by atoms with E-state index in [1.165, 1.54) is 12.8 Å². The molecular formula is C17H22N4O.